The van der Waals surface area contributed by atoms with Crippen LogP contribution < -0.4 is 0 Å². The van der Waals surface area contributed by atoms with E-state index in [9.17, 15) is 0 Å². The highest BCUT2D eigenvalue weighted by atomic mass is 15.0. The lowest BCUT2D eigenvalue weighted by atomic mass is 9.76. The van der Waals surface area contributed by atoms with Gasteiger partial charge in [-0.05, 0) is 60.9 Å². The van der Waals surface area contributed by atoms with E-state index in [1.54, 1.807) is 0 Å². The van der Waals surface area contributed by atoms with E-state index in [0.29, 0.717) is 11.8 Å². The first kappa shape index (κ1) is 23.2. The number of rotatable bonds is 3. The summed E-state index contributed by atoms with van der Waals surface area (Å²) in [7, 11) is 0. The monoisotopic (exact) mass is 514 g/mol. The molecule has 2 aromatic heterocycles. The van der Waals surface area contributed by atoms with Crippen LogP contribution in [-0.2, 0) is 0 Å². The van der Waals surface area contributed by atoms with Gasteiger partial charge in [0, 0.05) is 50.6 Å². The van der Waals surface area contributed by atoms with Crippen LogP contribution in [0.4, 0.5) is 0 Å². The Kier molecular flexibility index (Phi) is 5.16. The molecule has 40 heavy (non-hydrogen) atoms. The molecule has 0 spiro atoms. The molecule has 3 atom stereocenters. The number of para-hydroxylation sites is 3. The van der Waals surface area contributed by atoms with E-state index in [1.165, 1.54) is 54.9 Å². The van der Waals surface area contributed by atoms with Crippen LogP contribution in [-0.4, -0.2) is 9.13 Å². The maximum absolute atomic E-state index is 3.48. The number of fused-ring (bicyclic) bond motifs is 6. The zero-order valence-electron chi connectivity index (χ0n) is 22.8. The maximum Gasteiger partial charge on any atom is 0.105 e. The Hall–Kier alpha value is -4.74. The van der Waals surface area contributed by atoms with Crippen LogP contribution in [0.15, 0.2) is 126 Å². The maximum atomic E-state index is 3.48. The lowest BCUT2D eigenvalue weighted by Gasteiger charge is -2.32. The van der Waals surface area contributed by atoms with Crippen molar-refractivity contribution in [3.8, 4) is 0 Å². The molecule has 0 N–H and O–H groups in total. The summed E-state index contributed by atoms with van der Waals surface area (Å²) in [6, 6.07) is 37.5. The minimum atomic E-state index is 0.176. The third kappa shape index (κ3) is 3.38. The normalized spacial score (nSPS) is 21.1. The molecule has 2 heteroatoms. The summed E-state index contributed by atoms with van der Waals surface area (Å²) >= 11 is 0. The van der Waals surface area contributed by atoms with Gasteiger partial charge in [0.1, 0.15) is 5.52 Å². The zero-order chi connectivity index (χ0) is 26.8. The van der Waals surface area contributed by atoms with Crippen LogP contribution in [0.5, 0.6) is 0 Å². The van der Waals surface area contributed by atoms with Crippen molar-refractivity contribution in [2.24, 2.45) is 11.8 Å². The minimum Gasteiger partial charge on any atom is -0.333 e. The number of hydrogen-bond donors (Lipinski definition) is 0. The summed E-state index contributed by atoms with van der Waals surface area (Å²) in [6.07, 6.45) is 12.7. The molecule has 0 fully saturated rings. The molecular formula is C38H30N2. The molecule has 0 radical (unpaired) electrons. The van der Waals surface area contributed by atoms with Gasteiger partial charge >= 0.3 is 0 Å². The minimum absolute atomic E-state index is 0.176. The summed E-state index contributed by atoms with van der Waals surface area (Å²) in [5.74, 6) is 0.781. The number of nitrogens with zero attached hydrogens (tertiary/aromatic N) is 2. The van der Waals surface area contributed by atoms with E-state index in [1.807, 2.05) is 6.07 Å². The van der Waals surface area contributed by atoms with Crippen molar-refractivity contribution in [2.45, 2.75) is 26.3 Å². The van der Waals surface area contributed by atoms with Crippen molar-refractivity contribution in [1.29, 1.82) is 0 Å². The van der Waals surface area contributed by atoms with Crippen LogP contribution in [0.25, 0.3) is 49.3 Å². The van der Waals surface area contributed by atoms with Gasteiger partial charge in [0.05, 0.1) is 11.6 Å². The average Bonchev–Trinajstić information content (AvgIpc) is 3.50. The summed E-state index contributed by atoms with van der Waals surface area (Å²) in [5, 5.41) is 5.12. The Morgan fingerprint density at radius 1 is 0.775 bits per heavy atom. The number of benzene rings is 3. The van der Waals surface area contributed by atoms with Crippen LogP contribution in [0.1, 0.15) is 26.3 Å². The zero-order valence-corrected chi connectivity index (χ0v) is 22.8. The van der Waals surface area contributed by atoms with Gasteiger partial charge in [-0.25, -0.2) is 0 Å². The molecular weight excluding hydrogens is 484 g/mol. The van der Waals surface area contributed by atoms with Gasteiger partial charge in [0.2, 0.25) is 0 Å². The summed E-state index contributed by atoms with van der Waals surface area (Å²) in [4.78, 5) is 0. The number of allylic oxidation sites excluding steroid dienone is 8. The Labute approximate surface area is 234 Å². The summed E-state index contributed by atoms with van der Waals surface area (Å²) < 4.78 is 5.02. The number of hydrogen-bond acceptors (Lipinski definition) is 0. The topological polar surface area (TPSA) is 9.86 Å². The lowest BCUT2D eigenvalue weighted by Crippen LogP contribution is -2.21. The van der Waals surface area contributed by atoms with Crippen LogP contribution in [0.3, 0.4) is 0 Å². The predicted molar refractivity (Wildman–Crippen MR) is 168 cm³/mol. The second-order valence-corrected chi connectivity index (χ2v) is 11.3. The molecule has 192 valence electrons. The fourth-order valence-corrected chi connectivity index (χ4v) is 7.29. The quantitative estimate of drug-likeness (QED) is 0.222. The standard InChI is InChI=1S/C38H30N2/c1-25-12-11-13-26(2)38(25)27-22-28(39-34-18-7-3-14-30(34)31-15-4-8-19-35(31)39)24-29(23-27)40-36-20-9-5-16-32(36)33-17-6-10-21-37(33)40/h3-9,11-20,22-23,25,28,38H,24H2,1-2H3. The average molecular weight is 515 g/mol. The molecule has 2 aliphatic rings. The van der Waals surface area contributed by atoms with Crippen LogP contribution >= 0.6 is 0 Å². The van der Waals surface area contributed by atoms with Gasteiger partial charge in [-0.15, -0.1) is 0 Å². The van der Waals surface area contributed by atoms with Gasteiger partial charge < -0.3 is 9.13 Å². The first-order valence-electron chi connectivity index (χ1n) is 14.3. The molecule has 0 bridgehead atoms. The van der Waals surface area contributed by atoms with Crippen LogP contribution in [0, 0.1) is 24.0 Å². The van der Waals surface area contributed by atoms with Crippen LogP contribution in [0.2, 0.25) is 0 Å². The molecule has 8 rings (SSSR count). The number of aromatic nitrogens is 2. The highest BCUT2D eigenvalue weighted by Crippen LogP contribution is 2.44. The van der Waals surface area contributed by atoms with E-state index in [-0.39, 0.29) is 6.04 Å². The van der Waals surface area contributed by atoms with E-state index in [0.717, 1.165) is 11.9 Å². The Morgan fingerprint density at radius 3 is 2.12 bits per heavy atom. The molecule has 3 unspecified atom stereocenters. The molecule has 0 saturated heterocycles. The highest BCUT2D eigenvalue weighted by molar-refractivity contribution is 6.10. The van der Waals surface area contributed by atoms with E-state index < -0.39 is 0 Å². The summed E-state index contributed by atoms with van der Waals surface area (Å²) in [6.45, 7) is 4.63. The molecule has 6 aromatic rings. The van der Waals surface area contributed by atoms with Crippen molar-refractivity contribution in [1.82, 2.24) is 9.13 Å². The van der Waals surface area contributed by atoms with Crippen molar-refractivity contribution >= 4 is 49.3 Å². The summed E-state index contributed by atoms with van der Waals surface area (Å²) in [5.41, 5.74) is 9.02. The highest BCUT2D eigenvalue weighted by Gasteiger charge is 2.29. The van der Waals surface area contributed by atoms with E-state index in [2.05, 4.69) is 144 Å². The third-order valence-corrected chi connectivity index (χ3v) is 8.96. The second kappa shape index (κ2) is 8.90. The van der Waals surface area contributed by atoms with Gasteiger partial charge in [0.25, 0.3) is 0 Å². The lowest BCUT2D eigenvalue weighted by molar-refractivity contribution is 0.539. The molecule has 0 saturated carbocycles. The Morgan fingerprint density at radius 2 is 1.43 bits per heavy atom. The van der Waals surface area contributed by atoms with E-state index >= 15 is 0 Å². The van der Waals surface area contributed by atoms with Gasteiger partial charge in [0.15, 0.2) is 0 Å². The molecule has 0 aliphatic heterocycles. The molecule has 2 aliphatic carbocycles. The van der Waals surface area contributed by atoms with Crippen molar-refractivity contribution in [2.75, 3.05) is 0 Å². The SMILES string of the molecule is CC1=CC=CC(C)C1C1=CC(n2c3ccccc3c3ccccc32)CC(n2c3c#cccc3c3ccccc32)=C1. The first-order chi connectivity index (χ1) is 19.7. The smallest absolute Gasteiger partial charge is 0.105 e. The third-order valence-electron chi connectivity index (χ3n) is 8.96. The van der Waals surface area contributed by atoms with Crippen molar-refractivity contribution in [3.05, 3.63) is 139 Å². The fraction of sp³-hybridized carbons (Fsp3) is 0.158. The van der Waals surface area contributed by atoms with E-state index in [4.69, 9.17) is 0 Å². The Balaban J connectivity index is 1.40. The van der Waals surface area contributed by atoms with Crippen molar-refractivity contribution in [3.63, 3.8) is 0 Å². The van der Waals surface area contributed by atoms with Crippen molar-refractivity contribution < 1.29 is 0 Å². The van der Waals surface area contributed by atoms with Gasteiger partial charge in [-0.1, -0.05) is 97.5 Å². The molecule has 4 aromatic carbocycles. The second-order valence-electron chi connectivity index (χ2n) is 11.3. The first-order valence-corrected chi connectivity index (χ1v) is 14.3. The predicted octanol–water partition coefficient (Wildman–Crippen LogP) is 9.68. The van der Waals surface area contributed by atoms with Gasteiger partial charge in [-0.3, -0.25) is 0 Å². The molecule has 2 heterocycles. The molecule has 0 amide bonds. The van der Waals surface area contributed by atoms with Gasteiger partial charge in [-0.2, -0.15) is 0 Å². The molecule has 2 nitrogen and oxygen atoms in total. The largest absolute Gasteiger partial charge is 0.333 e. The fourth-order valence-electron chi connectivity index (χ4n) is 7.29. The Bertz CT molecular complexity index is 1970.